The Morgan fingerprint density at radius 2 is 2.21 bits per heavy atom. The Bertz CT molecular complexity index is 349. The van der Waals surface area contributed by atoms with Gasteiger partial charge in [0.2, 0.25) is 0 Å². The molecule has 0 saturated heterocycles. The van der Waals surface area contributed by atoms with E-state index in [0.717, 1.165) is 5.56 Å². The lowest BCUT2D eigenvalue weighted by Gasteiger charge is -2.11. The van der Waals surface area contributed by atoms with Crippen molar-refractivity contribution in [3.05, 3.63) is 29.3 Å². The van der Waals surface area contributed by atoms with Crippen molar-refractivity contribution in [3.63, 3.8) is 0 Å². The van der Waals surface area contributed by atoms with Gasteiger partial charge in [-0.1, -0.05) is 17.7 Å². The number of aliphatic carboxylic acids is 1. The smallest absolute Gasteiger partial charge is 0.305 e. The summed E-state index contributed by atoms with van der Waals surface area (Å²) in [5.74, 6) is -0.928. The van der Waals surface area contributed by atoms with Crippen molar-refractivity contribution < 1.29 is 15.0 Å². The molecule has 0 radical (unpaired) electrons. The van der Waals surface area contributed by atoms with Gasteiger partial charge in [-0.05, 0) is 13.0 Å². The first-order valence-corrected chi connectivity index (χ1v) is 4.27. The molecule has 14 heavy (non-hydrogen) atoms. The van der Waals surface area contributed by atoms with E-state index in [2.05, 4.69) is 0 Å². The quantitative estimate of drug-likeness (QED) is 0.676. The van der Waals surface area contributed by atoms with Crippen LogP contribution >= 0.6 is 0 Å². The monoisotopic (exact) mass is 195 g/mol. The Morgan fingerprint density at radius 3 is 2.79 bits per heavy atom. The van der Waals surface area contributed by atoms with E-state index < -0.39 is 12.0 Å². The second-order valence-corrected chi connectivity index (χ2v) is 3.27. The normalized spacial score (nSPS) is 12.4. The van der Waals surface area contributed by atoms with Gasteiger partial charge in [0.15, 0.2) is 0 Å². The molecule has 1 aromatic carbocycles. The van der Waals surface area contributed by atoms with Gasteiger partial charge in [-0.15, -0.1) is 0 Å². The van der Waals surface area contributed by atoms with Crippen molar-refractivity contribution in [3.8, 4) is 5.75 Å². The van der Waals surface area contributed by atoms with Gasteiger partial charge < -0.3 is 15.9 Å². The van der Waals surface area contributed by atoms with E-state index >= 15 is 0 Å². The van der Waals surface area contributed by atoms with E-state index in [4.69, 9.17) is 10.8 Å². The Hall–Kier alpha value is -1.55. The summed E-state index contributed by atoms with van der Waals surface area (Å²) in [6.07, 6.45) is -0.184. The molecule has 0 aromatic heterocycles. The van der Waals surface area contributed by atoms with Crippen molar-refractivity contribution in [1.29, 1.82) is 0 Å². The summed E-state index contributed by atoms with van der Waals surface area (Å²) in [6.45, 7) is 1.86. The molecular weight excluding hydrogens is 182 g/mol. The number of carboxylic acids is 1. The third-order valence-electron chi connectivity index (χ3n) is 1.98. The first-order valence-electron chi connectivity index (χ1n) is 4.27. The number of hydrogen-bond acceptors (Lipinski definition) is 3. The number of benzene rings is 1. The highest BCUT2D eigenvalue weighted by atomic mass is 16.4. The van der Waals surface area contributed by atoms with Gasteiger partial charge in [-0.2, -0.15) is 0 Å². The number of aryl methyl sites for hydroxylation is 1. The zero-order valence-corrected chi connectivity index (χ0v) is 7.90. The maximum Gasteiger partial charge on any atom is 0.305 e. The fourth-order valence-electron chi connectivity index (χ4n) is 1.27. The van der Waals surface area contributed by atoms with Crippen molar-refractivity contribution in [2.24, 2.45) is 5.73 Å². The van der Waals surface area contributed by atoms with Gasteiger partial charge >= 0.3 is 5.97 Å². The first kappa shape index (κ1) is 10.5. The minimum atomic E-state index is -0.974. The van der Waals surface area contributed by atoms with Crippen LogP contribution in [0, 0.1) is 6.92 Å². The van der Waals surface area contributed by atoms with Gasteiger partial charge in [0, 0.05) is 11.6 Å². The van der Waals surface area contributed by atoms with Gasteiger partial charge in [0.25, 0.3) is 0 Å². The van der Waals surface area contributed by atoms with Gasteiger partial charge in [0.05, 0.1) is 6.42 Å². The van der Waals surface area contributed by atoms with Crippen molar-refractivity contribution >= 4 is 5.97 Å². The van der Waals surface area contributed by atoms with Crippen LogP contribution in [0.4, 0.5) is 0 Å². The Morgan fingerprint density at radius 1 is 1.57 bits per heavy atom. The maximum absolute atomic E-state index is 10.4. The molecule has 0 aliphatic rings. The summed E-state index contributed by atoms with van der Waals surface area (Å²) in [7, 11) is 0. The number of carbonyl (C=O) groups is 1. The van der Waals surface area contributed by atoms with Crippen LogP contribution in [-0.2, 0) is 4.79 Å². The average molecular weight is 195 g/mol. The number of aromatic hydroxyl groups is 1. The second-order valence-electron chi connectivity index (χ2n) is 3.27. The van der Waals surface area contributed by atoms with Crippen LogP contribution in [-0.4, -0.2) is 16.2 Å². The number of hydrogen-bond donors (Lipinski definition) is 3. The Labute approximate surface area is 82.0 Å². The van der Waals surface area contributed by atoms with Crippen molar-refractivity contribution in [2.45, 2.75) is 19.4 Å². The number of carboxylic acid groups (broad SMARTS) is 1. The summed E-state index contributed by atoms with van der Waals surface area (Å²) in [6, 6.07) is 4.30. The molecule has 4 nitrogen and oxygen atoms in total. The Kier molecular flexibility index (Phi) is 3.09. The summed E-state index contributed by atoms with van der Waals surface area (Å²) >= 11 is 0. The van der Waals surface area contributed by atoms with E-state index in [1.165, 1.54) is 6.07 Å². The highest BCUT2D eigenvalue weighted by molar-refractivity contribution is 5.68. The predicted octanol–water partition coefficient (Wildman–Crippen LogP) is 1.18. The minimum Gasteiger partial charge on any atom is -0.508 e. The van der Waals surface area contributed by atoms with Crippen LogP contribution in [0.25, 0.3) is 0 Å². The summed E-state index contributed by atoms with van der Waals surface area (Å²) in [5.41, 5.74) is 7.05. The first-order chi connectivity index (χ1) is 6.50. The molecule has 4 N–H and O–H groups in total. The molecule has 0 spiro atoms. The number of nitrogens with two attached hydrogens (primary N) is 1. The summed E-state index contributed by atoms with van der Waals surface area (Å²) < 4.78 is 0. The van der Waals surface area contributed by atoms with E-state index in [1.54, 1.807) is 12.1 Å². The van der Waals surface area contributed by atoms with E-state index in [0.29, 0.717) is 5.56 Å². The molecule has 76 valence electrons. The van der Waals surface area contributed by atoms with Gasteiger partial charge in [-0.3, -0.25) is 4.79 Å². The zero-order chi connectivity index (χ0) is 10.7. The third kappa shape index (κ3) is 2.47. The topological polar surface area (TPSA) is 83.5 Å². The molecular formula is C10H13NO3. The fourth-order valence-corrected chi connectivity index (χ4v) is 1.27. The SMILES string of the molecule is Cc1ccc(O)c([C@@H](N)CC(=O)O)c1. The van der Waals surface area contributed by atoms with Crippen LogP contribution in [0.3, 0.4) is 0 Å². The zero-order valence-electron chi connectivity index (χ0n) is 7.90. The molecule has 0 aliphatic heterocycles. The predicted molar refractivity (Wildman–Crippen MR) is 52.0 cm³/mol. The molecule has 4 heteroatoms. The molecule has 1 rings (SSSR count). The largest absolute Gasteiger partial charge is 0.508 e. The van der Waals surface area contributed by atoms with E-state index in [1.807, 2.05) is 6.92 Å². The molecule has 0 unspecified atom stereocenters. The average Bonchev–Trinajstić information content (AvgIpc) is 2.08. The molecule has 1 atom stereocenters. The standard InChI is InChI=1S/C10H13NO3/c1-6-2-3-9(12)7(4-6)8(11)5-10(13)14/h2-4,8,12H,5,11H2,1H3,(H,13,14)/t8-/m0/s1. The number of phenols is 1. The highest BCUT2D eigenvalue weighted by Crippen LogP contribution is 2.25. The number of rotatable bonds is 3. The third-order valence-corrected chi connectivity index (χ3v) is 1.98. The lowest BCUT2D eigenvalue weighted by molar-refractivity contribution is -0.137. The second kappa shape index (κ2) is 4.11. The van der Waals surface area contributed by atoms with E-state index in [9.17, 15) is 9.90 Å². The van der Waals surface area contributed by atoms with Gasteiger partial charge in [-0.25, -0.2) is 0 Å². The fraction of sp³-hybridized carbons (Fsp3) is 0.300. The lowest BCUT2D eigenvalue weighted by atomic mass is 10.0. The summed E-state index contributed by atoms with van der Waals surface area (Å²) in [4.78, 5) is 10.4. The van der Waals surface area contributed by atoms with Crippen LogP contribution in [0.1, 0.15) is 23.6 Å². The van der Waals surface area contributed by atoms with Gasteiger partial charge in [0.1, 0.15) is 5.75 Å². The van der Waals surface area contributed by atoms with Crippen LogP contribution in [0.5, 0.6) is 5.75 Å². The molecule has 0 fully saturated rings. The molecule has 0 aliphatic carbocycles. The molecule has 1 aromatic rings. The van der Waals surface area contributed by atoms with E-state index in [-0.39, 0.29) is 12.2 Å². The lowest BCUT2D eigenvalue weighted by Crippen LogP contribution is -2.15. The minimum absolute atomic E-state index is 0.0457. The van der Waals surface area contributed by atoms with Crippen LogP contribution in [0.15, 0.2) is 18.2 Å². The summed E-state index contributed by atoms with van der Waals surface area (Å²) in [5, 5.41) is 18.0. The van der Waals surface area contributed by atoms with Crippen molar-refractivity contribution in [1.82, 2.24) is 0 Å². The Balaban J connectivity index is 2.93. The molecule has 0 amide bonds. The molecule has 0 heterocycles. The highest BCUT2D eigenvalue weighted by Gasteiger charge is 2.14. The number of phenolic OH excluding ortho intramolecular Hbond substituents is 1. The molecule has 0 saturated carbocycles. The van der Waals surface area contributed by atoms with Crippen LogP contribution in [0.2, 0.25) is 0 Å². The molecule has 0 bridgehead atoms. The maximum atomic E-state index is 10.4. The van der Waals surface area contributed by atoms with Crippen molar-refractivity contribution in [2.75, 3.05) is 0 Å². The van der Waals surface area contributed by atoms with Crippen LogP contribution < -0.4 is 5.73 Å².